The number of halogens is 8. The van der Waals surface area contributed by atoms with Crippen molar-refractivity contribution in [3.63, 3.8) is 0 Å². The summed E-state index contributed by atoms with van der Waals surface area (Å²) >= 11 is 22.0. The minimum Gasteiger partial charge on any atom is -0.385 e. The normalized spacial score (nSPS) is 32.8. The monoisotopic (exact) mass is 2150 g/mol. The molecule has 712 valence electrons. The van der Waals surface area contributed by atoms with Crippen LogP contribution in [0.1, 0.15) is 33.1 Å². The number of phosphoric acid groups is 12. The van der Waals surface area contributed by atoms with Crippen LogP contribution in [0.15, 0.2) is 63.1 Å². The molecule has 8 rings (SSSR count). The van der Waals surface area contributed by atoms with Gasteiger partial charge in [0.15, 0.2) is 24.9 Å². The Kier molecular flexibility index (Phi) is 32.9. The van der Waals surface area contributed by atoms with Crippen LogP contribution < -0.4 is 45.0 Å². The van der Waals surface area contributed by atoms with Crippen LogP contribution >= 0.6 is 140 Å². The number of nitrogens with zero attached hydrogens (tertiary/aromatic N) is 4. The van der Waals surface area contributed by atoms with Crippen molar-refractivity contribution in [3.8, 4) is 0 Å². The summed E-state index contributed by atoms with van der Waals surface area (Å²) in [6.45, 7) is -12.5. The zero-order valence-electron chi connectivity index (χ0n) is 63.1. The third-order valence-corrected chi connectivity index (χ3v) is 28.8. The largest absolute Gasteiger partial charge is 0.490 e. The maximum Gasteiger partial charge on any atom is 0.490 e. The standard InChI is InChI=1S/4C9H13ClFN2O15P3/c4*10-3-1-13(8(17)12-6(3)16)7-4(14)5(15)9(11,26-7)2-25-30(21,22)28-31(23,24)27-29(18,19)20/h4*1,4-5,7,14-15H,2H2,(H,21,22)(H,23,24)(H,12,16,17)(H2,18,19,20)/t4*4-,5+,7-,9-/m1111/s1/i2D2,7D;7D;2D2;. The molecular formula is C36H52Cl4F4N8O60P12. The molecule has 4 aromatic rings. The molecule has 8 heterocycles. The molecule has 28 N–H and O–H groups in total. The summed E-state index contributed by atoms with van der Waals surface area (Å²) in [4.78, 5) is 241. The summed E-state index contributed by atoms with van der Waals surface area (Å²) in [6.07, 6.45) is -30.9. The topological polar surface area (TPSA) is 1060 Å². The zero-order valence-corrected chi connectivity index (χ0v) is 70.9. The van der Waals surface area contributed by atoms with Gasteiger partial charge in [-0.05, 0) is 0 Å². The van der Waals surface area contributed by atoms with Crippen LogP contribution in [0.2, 0.25) is 20.1 Å². The second-order valence-corrected chi connectivity index (χ2v) is 41.4. The minimum atomic E-state index is -6.37. The molecule has 0 bridgehead atoms. The highest BCUT2D eigenvalue weighted by Gasteiger charge is 2.62. The van der Waals surface area contributed by atoms with E-state index in [0.717, 1.165) is 0 Å². The molecule has 88 heteroatoms. The SMILES string of the molecule is O=c1[nH]c(=O)n([C@@H]2O[C@](F)(COP(=O)(O)OP(=O)(O)OP(=O)(O)O)[C@@H](O)[C@H]2O)cc1Cl.[2H]C([2H])(OP(=O)(O)OP(=O)(O)OP(=O)(O)O)[C@@]1(F)O[C@@H](n2cc(Cl)c(=O)[nH]c2=O)[C@H](O)[C@@H]1O.[2H]C([2H])(OP(=O)(O)OP(=O)(O)OP(=O)(O)O)[C@@]1(F)O[C@@]([2H])(n2cc(Cl)c(=O)[nH]c2=O)[C@H](O)[C@@H]1O.[2H][C@@]1(n2cc(Cl)c(=O)[nH]c2=O)O[C@](F)(COP(=O)(O)OP(=O)(O)OP(=O)(O)O)[C@@H](O)[C@H]1O. The highest BCUT2D eigenvalue weighted by atomic mass is 35.5. The van der Waals surface area contributed by atoms with E-state index in [-0.39, 0.29) is 13.7 Å². The molecular weight excluding hydrogens is 2090 g/mol. The average Bonchev–Trinajstić information content (AvgIpc) is 1.56. The molecule has 4 saturated heterocycles. The Labute approximate surface area is 699 Å². The van der Waals surface area contributed by atoms with Gasteiger partial charge in [0.05, 0.1) is 8.22 Å². The summed E-state index contributed by atoms with van der Waals surface area (Å²) in [5.41, 5.74) is -10.1. The number of rotatable bonds is 32. The number of aromatic amines is 4. The smallest absolute Gasteiger partial charge is 0.385 e. The molecule has 0 saturated carbocycles. The lowest BCUT2D eigenvalue weighted by atomic mass is 10.1. The second kappa shape index (κ2) is 40.3. The Morgan fingerprint density at radius 3 is 0.806 bits per heavy atom. The quantitative estimate of drug-likeness (QED) is 0.0160. The Hall–Kier alpha value is -3.24. The van der Waals surface area contributed by atoms with Crippen LogP contribution in [0.3, 0.4) is 0 Å². The van der Waals surface area contributed by atoms with Gasteiger partial charge in [-0.1, -0.05) is 46.4 Å². The maximum atomic E-state index is 15.4. The molecule has 0 amide bonds. The lowest BCUT2D eigenvalue weighted by molar-refractivity contribution is -0.205. The van der Waals surface area contributed by atoms with Crippen molar-refractivity contribution in [2.24, 2.45) is 0 Å². The van der Waals surface area contributed by atoms with Crippen LogP contribution in [0, 0.1) is 0 Å². The Morgan fingerprint density at radius 2 is 0.532 bits per heavy atom. The summed E-state index contributed by atoms with van der Waals surface area (Å²) in [5, 5.41) is 77.0. The van der Waals surface area contributed by atoms with Crippen molar-refractivity contribution < 1.29 is 271 Å². The van der Waals surface area contributed by atoms with E-state index in [0.29, 0.717) is 29.4 Å². The summed E-state index contributed by atoms with van der Waals surface area (Å²) in [5.74, 6) is -16.2. The molecule has 0 radical (unpaired) electrons. The fourth-order valence-corrected chi connectivity index (χ4v) is 20.7. The number of hydrogen-bond donors (Lipinski definition) is 28. The van der Waals surface area contributed by atoms with E-state index in [4.69, 9.17) is 113 Å². The molecule has 4 aliphatic heterocycles. The van der Waals surface area contributed by atoms with Gasteiger partial charge in [0, 0.05) is 24.8 Å². The second-order valence-electron chi connectivity index (χ2n) is 22.2. The van der Waals surface area contributed by atoms with Crippen molar-refractivity contribution in [2.75, 3.05) is 26.3 Å². The van der Waals surface area contributed by atoms with Crippen molar-refractivity contribution >= 4 is 140 Å². The number of phosphoric ester groups is 4. The van der Waals surface area contributed by atoms with Crippen molar-refractivity contribution in [2.45, 2.75) is 97.1 Å². The van der Waals surface area contributed by atoms with Gasteiger partial charge in [-0.15, -0.1) is 0 Å². The fraction of sp³-hybridized carbons (Fsp3) is 0.556. The molecule has 0 spiro atoms. The van der Waals surface area contributed by atoms with Crippen LogP contribution in [0.4, 0.5) is 17.6 Å². The van der Waals surface area contributed by atoms with Gasteiger partial charge >= 0.3 is 117 Å². The minimum absolute atomic E-state index is 0.0663. The third-order valence-electron chi connectivity index (χ3n) is 12.9. The first-order chi connectivity index (χ1) is 57.6. The van der Waals surface area contributed by atoms with Crippen LogP contribution in [-0.4, -0.2) is 256 Å². The van der Waals surface area contributed by atoms with E-state index in [1.165, 1.54) is 4.98 Å². The van der Waals surface area contributed by atoms with E-state index in [9.17, 15) is 158 Å². The first kappa shape index (κ1) is 101. The van der Waals surface area contributed by atoms with Gasteiger partial charge in [-0.25, -0.2) is 91.5 Å². The van der Waals surface area contributed by atoms with Gasteiger partial charge in [0.25, 0.3) is 45.7 Å². The molecule has 4 aliphatic rings. The van der Waals surface area contributed by atoms with Gasteiger partial charge in [0.2, 0.25) is 0 Å². The number of aliphatic hydroxyl groups excluding tert-OH is 8. The first-order valence-electron chi connectivity index (χ1n) is 31.9. The molecule has 68 nitrogen and oxygen atoms in total. The molecule has 124 heavy (non-hydrogen) atoms. The molecule has 24 atom stereocenters. The van der Waals surface area contributed by atoms with Gasteiger partial charge in [0.1, 0.15) is 95.3 Å². The number of nitrogens with one attached hydrogen (secondary N) is 4. The molecule has 4 aromatic heterocycles. The predicted octanol–water partition coefficient (Wildman–Crippen LogP) is -6.20. The first-order valence-corrected chi connectivity index (χ1v) is 48.5. The van der Waals surface area contributed by atoms with Crippen LogP contribution in [0.25, 0.3) is 0 Å². The van der Waals surface area contributed by atoms with Crippen molar-refractivity contribution in [1.82, 2.24) is 38.2 Å². The molecule has 4 fully saturated rings. The van der Waals surface area contributed by atoms with E-state index in [1.807, 2.05) is 0 Å². The third kappa shape index (κ3) is 31.5. The predicted molar refractivity (Wildman–Crippen MR) is 368 cm³/mol. The number of alkyl halides is 4. The van der Waals surface area contributed by atoms with E-state index < -0.39 is 282 Å². The maximum absolute atomic E-state index is 15.4. The number of aromatic nitrogens is 8. The number of hydrogen-bond acceptors (Lipinski definition) is 44. The molecule has 0 aromatic carbocycles. The Bertz CT molecular complexity index is 6120. The van der Waals surface area contributed by atoms with E-state index in [1.54, 1.807) is 15.0 Å². The van der Waals surface area contributed by atoms with Crippen LogP contribution in [-0.2, 0) is 126 Å². The lowest BCUT2D eigenvalue weighted by Crippen LogP contribution is -2.43. The van der Waals surface area contributed by atoms with Gasteiger partial charge < -0.3 is 138 Å². The summed E-state index contributed by atoms with van der Waals surface area (Å²) in [6, 6.07) is 0. The molecule has 0 aliphatic carbocycles. The lowest BCUT2D eigenvalue weighted by Gasteiger charge is -2.24. The van der Waals surface area contributed by atoms with E-state index in [2.05, 4.69) is 71.5 Å². The number of H-pyrrole nitrogens is 4. The highest BCUT2D eigenvalue weighted by molar-refractivity contribution is 7.68. The Morgan fingerprint density at radius 1 is 0.331 bits per heavy atom. The number of aliphatic hydroxyl groups is 8. The fourth-order valence-electron chi connectivity index (χ4n) is 8.24. The zero-order chi connectivity index (χ0) is 101. The summed E-state index contributed by atoms with van der Waals surface area (Å²) in [7, 11) is -71.4. The molecule has 8 unspecified atom stereocenters. The Balaban J connectivity index is 0.000000307. The van der Waals surface area contributed by atoms with Gasteiger partial charge in [-0.3, -0.25) is 75.5 Å². The van der Waals surface area contributed by atoms with Crippen molar-refractivity contribution in [1.29, 1.82) is 0 Å². The van der Waals surface area contributed by atoms with E-state index >= 15 is 13.2 Å². The van der Waals surface area contributed by atoms with Gasteiger partial charge in [-0.2, -0.15) is 34.5 Å². The van der Waals surface area contributed by atoms with Crippen molar-refractivity contribution in [3.05, 3.63) is 128 Å². The average molecular weight is 2150 g/mol. The summed E-state index contributed by atoms with van der Waals surface area (Å²) < 4.78 is 302. The highest BCUT2D eigenvalue weighted by Crippen LogP contribution is 2.70. The number of ether oxygens (including phenoxy) is 4. The van der Waals surface area contributed by atoms with Crippen LogP contribution in [0.5, 0.6) is 0 Å².